The van der Waals surface area contributed by atoms with Gasteiger partial charge < -0.3 is 9.80 Å². The predicted molar refractivity (Wildman–Crippen MR) is 125 cm³/mol. The van der Waals surface area contributed by atoms with Gasteiger partial charge in [-0.15, -0.1) is 0 Å². The van der Waals surface area contributed by atoms with E-state index in [1.165, 1.54) is 44.2 Å². The van der Waals surface area contributed by atoms with E-state index < -0.39 is 10.0 Å². The quantitative estimate of drug-likeness (QED) is 0.640. The van der Waals surface area contributed by atoms with Crippen LogP contribution in [-0.4, -0.2) is 62.3 Å². The highest BCUT2D eigenvalue weighted by Gasteiger charge is 2.26. The van der Waals surface area contributed by atoms with Gasteiger partial charge in [-0.2, -0.15) is 0 Å². The Morgan fingerprint density at radius 2 is 1.59 bits per heavy atom. The summed E-state index contributed by atoms with van der Waals surface area (Å²) >= 11 is 0. The molecule has 1 N–H and O–H groups in total. The molecule has 7 nitrogen and oxygen atoms in total. The maximum absolute atomic E-state index is 12.9. The van der Waals surface area contributed by atoms with E-state index in [2.05, 4.69) is 4.72 Å². The van der Waals surface area contributed by atoms with Gasteiger partial charge in [0, 0.05) is 44.2 Å². The van der Waals surface area contributed by atoms with Gasteiger partial charge in [-0.25, -0.2) is 13.1 Å². The summed E-state index contributed by atoms with van der Waals surface area (Å²) in [4.78, 5) is 29.2. The molecule has 1 saturated heterocycles. The third kappa shape index (κ3) is 6.54. The Labute approximate surface area is 192 Å². The number of nitrogens with one attached hydrogen (secondary N) is 1. The van der Waals surface area contributed by atoms with E-state index >= 15 is 0 Å². The fraction of sp³-hybridized carbons (Fsp3) is 0.667. The fourth-order valence-corrected chi connectivity index (χ4v) is 5.82. The molecule has 0 bridgehead atoms. The summed E-state index contributed by atoms with van der Waals surface area (Å²) in [5.41, 5.74) is 0.463. The molecule has 1 aliphatic carbocycles. The lowest BCUT2D eigenvalue weighted by atomic mass is 9.86. The first-order chi connectivity index (χ1) is 15.3. The summed E-state index contributed by atoms with van der Waals surface area (Å²) in [5.74, 6) is 0.770. The Hall–Kier alpha value is -1.93. The molecular weight excluding hydrogens is 426 g/mol. The van der Waals surface area contributed by atoms with Crippen molar-refractivity contribution in [2.45, 2.75) is 76.2 Å². The third-order valence-corrected chi connectivity index (χ3v) is 8.40. The second kappa shape index (κ2) is 11.3. The van der Waals surface area contributed by atoms with E-state index in [1.807, 2.05) is 18.7 Å². The Morgan fingerprint density at radius 3 is 2.19 bits per heavy atom. The molecular formula is C24H37N3O4S. The predicted octanol–water partition coefficient (Wildman–Crippen LogP) is 3.41. The SMILES string of the molecule is CCC(C)NS(=O)(=O)c1ccc(C(=O)N2CCN(C(=O)CCC3CCCCC3)CC2)cc1. The lowest BCUT2D eigenvalue weighted by Crippen LogP contribution is -2.50. The van der Waals surface area contributed by atoms with Crippen molar-refractivity contribution in [1.82, 2.24) is 14.5 Å². The number of piperazine rings is 1. The van der Waals surface area contributed by atoms with Crippen LogP contribution in [0.25, 0.3) is 0 Å². The lowest BCUT2D eigenvalue weighted by molar-refractivity contribution is -0.133. The van der Waals surface area contributed by atoms with Crippen LogP contribution in [0.2, 0.25) is 0 Å². The fourth-order valence-electron chi connectivity index (χ4n) is 4.50. The molecule has 178 valence electrons. The second-order valence-electron chi connectivity index (χ2n) is 9.17. The summed E-state index contributed by atoms with van der Waals surface area (Å²) in [5, 5.41) is 0. The van der Waals surface area contributed by atoms with Gasteiger partial charge in [0.05, 0.1) is 4.90 Å². The molecule has 1 aromatic carbocycles. The van der Waals surface area contributed by atoms with Crippen LogP contribution in [0.4, 0.5) is 0 Å². The number of benzene rings is 1. The van der Waals surface area contributed by atoms with E-state index in [-0.39, 0.29) is 22.8 Å². The van der Waals surface area contributed by atoms with Crippen LogP contribution in [0.3, 0.4) is 0 Å². The molecule has 1 saturated carbocycles. The van der Waals surface area contributed by atoms with Gasteiger partial charge in [0.2, 0.25) is 15.9 Å². The summed E-state index contributed by atoms with van der Waals surface area (Å²) in [6.45, 7) is 5.85. The number of nitrogens with zero attached hydrogens (tertiary/aromatic N) is 2. The standard InChI is InChI=1S/C24H37N3O4S/c1-3-19(2)25-32(30,31)22-12-10-21(11-13-22)24(29)27-17-15-26(16-18-27)23(28)14-9-20-7-5-4-6-8-20/h10-13,19-20,25H,3-9,14-18H2,1-2H3. The van der Waals surface area contributed by atoms with E-state index in [9.17, 15) is 18.0 Å². The average Bonchev–Trinajstić information content (AvgIpc) is 2.82. The minimum absolute atomic E-state index is 0.127. The molecule has 0 aromatic heterocycles. The molecule has 2 amide bonds. The van der Waals surface area contributed by atoms with Crippen molar-refractivity contribution in [1.29, 1.82) is 0 Å². The van der Waals surface area contributed by atoms with Gasteiger partial charge >= 0.3 is 0 Å². The van der Waals surface area contributed by atoms with Gasteiger partial charge in [0.15, 0.2) is 0 Å². The molecule has 1 aromatic rings. The van der Waals surface area contributed by atoms with Crippen LogP contribution in [0.15, 0.2) is 29.2 Å². The van der Waals surface area contributed by atoms with Gasteiger partial charge in [0.25, 0.3) is 5.91 Å². The van der Waals surface area contributed by atoms with Crippen molar-refractivity contribution in [2.24, 2.45) is 5.92 Å². The molecule has 1 heterocycles. The van der Waals surface area contributed by atoms with Crippen LogP contribution in [-0.2, 0) is 14.8 Å². The molecule has 2 aliphatic rings. The smallest absolute Gasteiger partial charge is 0.253 e. The van der Waals surface area contributed by atoms with E-state index in [0.29, 0.717) is 50.5 Å². The van der Waals surface area contributed by atoms with Crippen molar-refractivity contribution in [2.75, 3.05) is 26.2 Å². The number of carbonyl (C=O) groups excluding carboxylic acids is 2. The average molecular weight is 464 g/mol. The number of sulfonamides is 1. The van der Waals surface area contributed by atoms with Crippen LogP contribution < -0.4 is 4.72 Å². The first kappa shape index (κ1) is 24.7. The summed E-state index contributed by atoms with van der Waals surface area (Å²) in [6.07, 6.45) is 8.71. The van der Waals surface area contributed by atoms with Crippen molar-refractivity contribution in [3.63, 3.8) is 0 Å². The van der Waals surface area contributed by atoms with Crippen LogP contribution in [0, 0.1) is 5.92 Å². The summed E-state index contributed by atoms with van der Waals surface area (Å²) < 4.78 is 27.4. The molecule has 2 fully saturated rings. The van der Waals surface area contributed by atoms with Gasteiger partial charge in [-0.05, 0) is 49.9 Å². The molecule has 3 rings (SSSR count). The summed E-state index contributed by atoms with van der Waals surface area (Å²) in [6, 6.07) is 5.93. The first-order valence-corrected chi connectivity index (χ1v) is 13.5. The largest absolute Gasteiger partial charge is 0.339 e. The van der Waals surface area contributed by atoms with Crippen LogP contribution in [0.5, 0.6) is 0 Å². The monoisotopic (exact) mass is 463 g/mol. The van der Waals surface area contributed by atoms with Gasteiger partial charge in [-0.3, -0.25) is 9.59 Å². The number of carbonyl (C=O) groups is 2. The van der Waals surface area contributed by atoms with Crippen LogP contribution >= 0.6 is 0 Å². The Balaban J connectivity index is 1.49. The first-order valence-electron chi connectivity index (χ1n) is 12.0. The normalized spacial score (nSPS) is 19.1. The zero-order chi connectivity index (χ0) is 23.1. The highest BCUT2D eigenvalue weighted by molar-refractivity contribution is 7.89. The maximum Gasteiger partial charge on any atom is 0.253 e. The number of hydrogen-bond donors (Lipinski definition) is 1. The maximum atomic E-state index is 12.9. The van der Waals surface area contributed by atoms with E-state index in [0.717, 1.165) is 6.42 Å². The Bertz CT molecular complexity index is 871. The molecule has 1 unspecified atom stereocenters. The molecule has 32 heavy (non-hydrogen) atoms. The Kier molecular flexibility index (Phi) is 8.71. The molecule has 0 spiro atoms. The van der Waals surface area contributed by atoms with E-state index in [4.69, 9.17) is 0 Å². The number of rotatable bonds is 8. The number of hydrogen-bond acceptors (Lipinski definition) is 4. The Morgan fingerprint density at radius 1 is 1.00 bits per heavy atom. The minimum atomic E-state index is -3.59. The van der Waals surface area contributed by atoms with Crippen molar-refractivity contribution in [3.05, 3.63) is 29.8 Å². The highest BCUT2D eigenvalue weighted by Crippen LogP contribution is 2.27. The van der Waals surface area contributed by atoms with Crippen LogP contribution in [0.1, 0.15) is 75.6 Å². The van der Waals surface area contributed by atoms with E-state index in [1.54, 1.807) is 17.0 Å². The lowest BCUT2D eigenvalue weighted by Gasteiger charge is -2.35. The zero-order valence-corrected chi connectivity index (χ0v) is 20.2. The van der Waals surface area contributed by atoms with Gasteiger partial charge in [0.1, 0.15) is 0 Å². The van der Waals surface area contributed by atoms with Crippen molar-refractivity contribution >= 4 is 21.8 Å². The molecule has 0 radical (unpaired) electrons. The third-order valence-electron chi connectivity index (χ3n) is 6.79. The molecule has 8 heteroatoms. The molecule has 1 aliphatic heterocycles. The minimum Gasteiger partial charge on any atom is -0.339 e. The number of amides is 2. The summed E-state index contributed by atoms with van der Waals surface area (Å²) in [7, 11) is -3.59. The van der Waals surface area contributed by atoms with Crippen molar-refractivity contribution < 1.29 is 18.0 Å². The molecule has 1 atom stereocenters. The highest BCUT2D eigenvalue weighted by atomic mass is 32.2. The van der Waals surface area contributed by atoms with Gasteiger partial charge in [-0.1, -0.05) is 39.0 Å². The zero-order valence-electron chi connectivity index (χ0n) is 19.4. The second-order valence-corrected chi connectivity index (χ2v) is 10.9. The topological polar surface area (TPSA) is 86.8 Å². The van der Waals surface area contributed by atoms with Crippen molar-refractivity contribution in [3.8, 4) is 0 Å².